The highest BCUT2D eigenvalue weighted by molar-refractivity contribution is 5.78. The topological polar surface area (TPSA) is 96.4 Å². The number of halogens is 6. The Bertz CT molecular complexity index is 1410. The van der Waals surface area contributed by atoms with Gasteiger partial charge in [-0.15, -0.1) is 0 Å². The minimum Gasteiger partial charge on any atom is -0.398 e. The second-order valence-corrected chi connectivity index (χ2v) is 7.96. The van der Waals surface area contributed by atoms with Crippen LogP contribution in [0.15, 0.2) is 79.1 Å². The summed E-state index contributed by atoms with van der Waals surface area (Å²) in [6, 6.07) is 14.1. The molecule has 0 saturated carbocycles. The van der Waals surface area contributed by atoms with E-state index in [2.05, 4.69) is 10.6 Å². The molecule has 0 aliphatic carbocycles. The number of hydrogen-bond donors (Lipinski definition) is 4. The molecule has 0 spiro atoms. The van der Waals surface area contributed by atoms with E-state index in [9.17, 15) is 31.1 Å². The summed E-state index contributed by atoms with van der Waals surface area (Å²) in [4.78, 5) is 12.7. The molecule has 12 heteroatoms. The van der Waals surface area contributed by atoms with Crippen molar-refractivity contribution in [2.45, 2.75) is 12.4 Å². The number of carbonyl (C=O) groups excluding carboxylic acids is 1. The van der Waals surface area contributed by atoms with Crippen LogP contribution in [0, 0.1) is 0 Å². The van der Waals surface area contributed by atoms with Gasteiger partial charge in [0, 0.05) is 47.0 Å². The predicted octanol–water partition coefficient (Wildman–Crippen LogP) is 3.63. The fourth-order valence-electron chi connectivity index (χ4n) is 3.51. The molecule has 200 valence electrons. The van der Waals surface area contributed by atoms with Crippen LogP contribution in [-0.4, -0.2) is 13.5 Å². The van der Waals surface area contributed by atoms with Crippen molar-refractivity contribution >= 4 is 29.3 Å². The predicted molar refractivity (Wildman–Crippen MR) is 133 cm³/mol. The molecule has 38 heavy (non-hydrogen) atoms. The third-order valence-corrected chi connectivity index (χ3v) is 5.37. The van der Waals surface area contributed by atoms with Gasteiger partial charge >= 0.3 is 12.4 Å². The van der Waals surface area contributed by atoms with E-state index >= 15 is 0 Å². The Labute approximate surface area is 213 Å². The number of hydrogen-bond acceptors (Lipinski definition) is 5. The Kier molecular flexibility index (Phi) is 8.24. The molecule has 0 atom stereocenters. The Balaban J connectivity index is 2.10. The van der Waals surface area contributed by atoms with E-state index < -0.39 is 29.2 Å². The van der Waals surface area contributed by atoms with Gasteiger partial charge in [0.25, 0.3) is 0 Å². The number of carbonyl (C=O) groups is 1. The standard InChI is InChI=1S/C26H23F6N5O/c1-35-10-11-37(15-38)20-8-6-16(7-9-20)23(33)21-4-2-3-5-22(21)24(34)36-19-13-17(25(27,28)29)12-18(14-19)26(30,31)32/h2-15,35-36H,33-34H2,1H3/b11-10-,23-21-,24-22+. The minimum atomic E-state index is -5.00. The summed E-state index contributed by atoms with van der Waals surface area (Å²) in [7, 11) is 1.68. The fraction of sp³-hybridized carbons (Fsp3) is 0.115. The van der Waals surface area contributed by atoms with Crippen LogP contribution in [0.2, 0.25) is 0 Å². The van der Waals surface area contributed by atoms with Crippen LogP contribution in [-0.2, 0) is 17.1 Å². The molecule has 6 N–H and O–H groups in total. The third-order valence-electron chi connectivity index (χ3n) is 5.37. The Morgan fingerprint density at radius 3 is 1.89 bits per heavy atom. The van der Waals surface area contributed by atoms with E-state index in [0.717, 1.165) is 0 Å². The zero-order valence-electron chi connectivity index (χ0n) is 19.9. The molecule has 0 heterocycles. The zero-order chi connectivity index (χ0) is 28.1. The Morgan fingerprint density at radius 1 is 0.842 bits per heavy atom. The summed E-state index contributed by atoms with van der Waals surface area (Å²) in [6.07, 6.45) is -6.31. The van der Waals surface area contributed by atoms with Crippen molar-refractivity contribution in [3.63, 3.8) is 0 Å². The molecule has 0 bridgehead atoms. The first-order valence-corrected chi connectivity index (χ1v) is 10.9. The van der Waals surface area contributed by atoms with Gasteiger partial charge in [0.1, 0.15) is 5.82 Å². The van der Waals surface area contributed by atoms with Gasteiger partial charge in [-0.1, -0.05) is 36.4 Å². The molecular weight excluding hydrogens is 512 g/mol. The van der Waals surface area contributed by atoms with E-state index in [1.54, 1.807) is 55.7 Å². The summed E-state index contributed by atoms with van der Waals surface area (Å²) < 4.78 is 79.4. The molecule has 0 unspecified atom stereocenters. The summed E-state index contributed by atoms with van der Waals surface area (Å²) in [5.41, 5.74) is 10.3. The molecule has 0 aliphatic rings. The Hall–Kier alpha value is -4.61. The zero-order valence-corrected chi connectivity index (χ0v) is 19.9. The van der Waals surface area contributed by atoms with Crippen molar-refractivity contribution < 1.29 is 31.1 Å². The quantitative estimate of drug-likeness (QED) is 0.274. The third kappa shape index (κ3) is 6.58. The molecule has 3 aromatic rings. The molecule has 3 aromatic carbocycles. The SMILES string of the molecule is CN/C=C\N(C=O)c1ccc(/C(N)=c2\cccc\c2=C(\N)Nc2cc(C(F)(F)F)cc(C(F)(F)F)c2)cc1. The molecule has 0 radical (unpaired) electrons. The second kappa shape index (κ2) is 11.2. The van der Waals surface area contributed by atoms with Crippen LogP contribution in [0.4, 0.5) is 37.7 Å². The largest absolute Gasteiger partial charge is 0.416 e. The highest BCUT2D eigenvalue weighted by Crippen LogP contribution is 2.37. The number of nitrogens with one attached hydrogen (secondary N) is 2. The van der Waals surface area contributed by atoms with Crippen LogP contribution in [0.5, 0.6) is 0 Å². The number of alkyl halides is 6. The minimum absolute atomic E-state index is 0.0328. The number of anilines is 2. The highest BCUT2D eigenvalue weighted by Gasteiger charge is 2.37. The van der Waals surface area contributed by atoms with Gasteiger partial charge in [0.05, 0.1) is 11.1 Å². The monoisotopic (exact) mass is 535 g/mol. The fourth-order valence-corrected chi connectivity index (χ4v) is 3.51. The molecule has 0 aromatic heterocycles. The highest BCUT2D eigenvalue weighted by atomic mass is 19.4. The van der Waals surface area contributed by atoms with Gasteiger partial charge in [0.15, 0.2) is 0 Å². The average molecular weight is 535 g/mol. The van der Waals surface area contributed by atoms with Gasteiger partial charge < -0.3 is 22.1 Å². The van der Waals surface area contributed by atoms with Gasteiger partial charge in [-0.3, -0.25) is 9.69 Å². The van der Waals surface area contributed by atoms with Gasteiger partial charge in [-0.25, -0.2) is 0 Å². The Morgan fingerprint density at radius 2 is 1.39 bits per heavy atom. The first-order valence-electron chi connectivity index (χ1n) is 10.9. The van der Waals surface area contributed by atoms with Crippen LogP contribution in [0.3, 0.4) is 0 Å². The smallest absolute Gasteiger partial charge is 0.398 e. The lowest BCUT2D eigenvalue weighted by atomic mass is 10.1. The van der Waals surface area contributed by atoms with Crippen molar-refractivity contribution in [3.8, 4) is 0 Å². The summed E-state index contributed by atoms with van der Waals surface area (Å²) >= 11 is 0. The lowest BCUT2D eigenvalue weighted by Gasteiger charge is -2.15. The van der Waals surface area contributed by atoms with Crippen molar-refractivity contribution in [3.05, 3.63) is 106 Å². The van der Waals surface area contributed by atoms with Crippen molar-refractivity contribution in [2.24, 2.45) is 11.5 Å². The van der Waals surface area contributed by atoms with E-state index in [-0.39, 0.29) is 22.8 Å². The first-order chi connectivity index (χ1) is 17.8. The first kappa shape index (κ1) is 28.0. The van der Waals surface area contributed by atoms with Gasteiger partial charge in [-0.2, -0.15) is 26.3 Å². The van der Waals surface area contributed by atoms with Gasteiger partial charge in [0.2, 0.25) is 6.41 Å². The lowest BCUT2D eigenvalue weighted by molar-refractivity contribution is -0.143. The normalized spacial score (nSPS) is 13.7. The summed E-state index contributed by atoms with van der Waals surface area (Å²) in [6.45, 7) is 0. The summed E-state index contributed by atoms with van der Waals surface area (Å²) in [5, 5.41) is 5.86. The summed E-state index contributed by atoms with van der Waals surface area (Å²) in [5.74, 6) is -0.211. The lowest BCUT2D eigenvalue weighted by Crippen LogP contribution is -2.35. The van der Waals surface area contributed by atoms with Crippen LogP contribution in [0.1, 0.15) is 16.7 Å². The molecule has 1 amide bonds. The molecule has 6 nitrogen and oxygen atoms in total. The van der Waals surface area contributed by atoms with Crippen LogP contribution < -0.4 is 37.4 Å². The molecule has 0 saturated heterocycles. The molecule has 3 rings (SSSR count). The number of benzene rings is 3. The van der Waals surface area contributed by atoms with E-state index in [1.807, 2.05) is 0 Å². The number of nitrogens with two attached hydrogens (primary N) is 2. The second-order valence-electron chi connectivity index (χ2n) is 7.96. The maximum atomic E-state index is 13.2. The number of rotatable bonds is 7. The van der Waals surface area contributed by atoms with Crippen molar-refractivity contribution in [1.29, 1.82) is 0 Å². The maximum absolute atomic E-state index is 13.2. The molecular formula is C26H23F6N5O. The van der Waals surface area contributed by atoms with Crippen molar-refractivity contribution in [1.82, 2.24) is 5.32 Å². The van der Waals surface area contributed by atoms with Crippen LogP contribution >= 0.6 is 0 Å². The van der Waals surface area contributed by atoms with E-state index in [4.69, 9.17) is 11.5 Å². The van der Waals surface area contributed by atoms with Crippen LogP contribution in [0.25, 0.3) is 11.5 Å². The number of nitrogens with zero attached hydrogens (tertiary/aromatic N) is 1. The average Bonchev–Trinajstić information content (AvgIpc) is 2.88. The van der Waals surface area contributed by atoms with E-state index in [1.165, 1.54) is 17.2 Å². The molecule has 0 aliphatic heterocycles. The number of amides is 1. The molecule has 0 fully saturated rings. The van der Waals surface area contributed by atoms with Gasteiger partial charge in [-0.05, 0) is 35.9 Å². The van der Waals surface area contributed by atoms with E-state index in [0.29, 0.717) is 35.0 Å². The maximum Gasteiger partial charge on any atom is 0.416 e. The van der Waals surface area contributed by atoms with Crippen molar-refractivity contribution in [2.75, 3.05) is 17.3 Å².